The van der Waals surface area contributed by atoms with Crippen molar-refractivity contribution >= 4 is 29.2 Å². The first-order valence-corrected chi connectivity index (χ1v) is 11.3. The molecule has 3 aliphatic carbocycles. The van der Waals surface area contributed by atoms with Crippen LogP contribution in [0.2, 0.25) is 0 Å². The Morgan fingerprint density at radius 3 is 2.14 bits per heavy atom. The number of nitro benzene ring substituents is 1. The molecule has 0 unspecified atom stereocenters. The van der Waals surface area contributed by atoms with Crippen LogP contribution >= 0.6 is 0 Å². The quantitative estimate of drug-likeness (QED) is 0.188. The standard InChI is InChI=1S/C27H20N2O6/c1-14(30)35-21-12-11-15(13-20(21)29(33)34)28-25(31)23-22-16-7-3-5-9-18(16)27(2,24(23)26(28)32)19-10-6-4-8-17(19)22/h3-13,22-24H,1-2H3/t22?,23-,24-,27?/m0/s1. The van der Waals surface area contributed by atoms with Crippen molar-refractivity contribution in [3.63, 3.8) is 0 Å². The fourth-order valence-electron chi connectivity index (χ4n) is 6.43. The van der Waals surface area contributed by atoms with Gasteiger partial charge in [0, 0.05) is 24.3 Å². The molecule has 8 heteroatoms. The highest BCUT2D eigenvalue weighted by Crippen LogP contribution is 2.64. The molecule has 2 bridgehead atoms. The van der Waals surface area contributed by atoms with E-state index in [2.05, 4.69) is 0 Å². The maximum atomic E-state index is 14.0. The Labute approximate surface area is 200 Å². The minimum Gasteiger partial charge on any atom is -0.419 e. The lowest BCUT2D eigenvalue weighted by atomic mass is 9.48. The molecule has 174 valence electrons. The van der Waals surface area contributed by atoms with E-state index in [1.54, 1.807) is 0 Å². The van der Waals surface area contributed by atoms with Crippen molar-refractivity contribution in [2.75, 3.05) is 4.90 Å². The number of nitrogens with zero attached hydrogens (tertiary/aromatic N) is 2. The Morgan fingerprint density at radius 2 is 1.57 bits per heavy atom. The second-order valence-electron chi connectivity index (χ2n) is 9.37. The molecule has 3 aromatic rings. The minimum atomic E-state index is -0.724. The lowest BCUT2D eigenvalue weighted by Gasteiger charge is -2.52. The fraction of sp³-hybridized carbons (Fsp3) is 0.222. The Morgan fingerprint density at radius 1 is 0.971 bits per heavy atom. The summed E-state index contributed by atoms with van der Waals surface area (Å²) < 4.78 is 4.95. The summed E-state index contributed by atoms with van der Waals surface area (Å²) in [7, 11) is 0. The van der Waals surface area contributed by atoms with Crippen LogP contribution in [-0.4, -0.2) is 22.7 Å². The normalized spacial score (nSPS) is 25.7. The molecule has 0 spiro atoms. The lowest BCUT2D eigenvalue weighted by Crippen LogP contribution is -2.51. The third-order valence-corrected chi connectivity index (χ3v) is 7.69. The molecule has 8 nitrogen and oxygen atoms in total. The van der Waals surface area contributed by atoms with Gasteiger partial charge in [0.05, 0.1) is 22.4 Å². The van der Waals surface area contributed by atoms with E-state index in [0.717, 1.165) is 40.1 Å². The van der Waals surface area contributed by atoms with Gasteiger partial charge in [-0.25, -0.2) is 4.90 Å². The number of carbonyl (C=O) groups excluding carboxylic acids is 3. The number of hydrogen-bond donors (Lipinski definition) is 0. The van der Waals surface area contributed by atoms with E-state index in [4.69, 9.17) is 4.74 Å². The number of imide groups is 1. The first-order valence-electron chi connectivity index (χ1n) is 11.3. The molecular weight excluding hydrogens is 448 g/mol. The van der Waals surface area contributed by atoms with E-state index in [9.17, 15) is 24.5 Å². The zero-order valence-electron chi connectivity index (χ0n) is 18.9. The molecule has 2 amide bonds. The zero-order chi connectivity index (χ0) is 24.6. The summed E-state index contributed by atoms with van der Waals surface area (Å²) in [6.07, 6.45) is 0. The van der Waals surface area contributed by atoms with Crippen LogP contribution in [0.25, 0.3) is 0 Å². The van der Waals surface area contributed by atoms with Crippen LogP contribution < -0.4 is 9.64 Å². The van der Waals surface area contributed by atoms with E-state index >= 15 is 0 Å². The van der Waals surface area contributed by atoms with Crippen molar-refractivity contribution < 1.29 is 24.0 Å². The van der Waals surface area contributed by atoms with Gasteiger partial charge in [0.2, 0.25) is 17.6 Å². The smallest absolute Gasteiger partial charge is 0.313 e. The second kappa shape index (κ2) is 7.09. The van der Waals surface area contributed by atoms with E-state index < -0.39 is 33.8 Å². The zero-order valence-corrected chi connectivity index (χ0v) is 18.9. The monoisotopic (exact) mass is 468 g/mol. The number of amides is 2. The SMILES string of the molecule is CC(=O)Oc1ccc(N2C(=O)[C@@H]3[C@@H](C2=O)C2c4ccccc4C3(C)c3ccccc32)cc1[N+](=O)[O-]. The highest BCUT2D eigenvalue weighted by molar-refractivity contribution is 6.24. The average Bonchev–Trinajstić information content (AvgIpc) is 3.11. The summed E-state index contributed by atoms with van der Waals surface area (Å²) >= 11 is 0. The van der Waals surface area contributed by atoms with Gasteiger partial charge in [-0.2, -0.15) is 0 Å². The van der Waals surface area contributed by atoms with Crippen molar-refractivity contribution in [3.8, 4) is 5.75 Å². The Hall–Kier alpha value is -4.33. The first-order chi connectivity index (χ1) is 16.7. The van der Waals surface area contributed by atoms with Gasteiger partial charge in [0.1, 0.15) is 0 Å². The molecule has 1 fully saturated rings. The van der Waals surface area contributed by atoms with Gasteiger partial charge in [-0.3, -0.25) is 24.5 Å². The molecule has 0 saturated carbocycles. The number of esters is 1. The molecule has 7 rings (SSSR count). The van der Waals surface area contributed by atoms with Crippen molar-refractivity contribution in [1.82, 2.24) is 0 Å². The number of anilines is 1. The molecule has 1 heterocycles. The number of ether oxygens (including phenoxy) is 1. The number of nitro groups is 1. The molecule has 1 saturated heterocycles. The third-order valence-electron chi connectivity index (χ3n) is 7.69. The van der Waals surface area contributed by atoms with Crippen LogP contribution in [0.3, 0.4) is 0 Å². The van der Waals surface area contributed by atoms with Crippen LogP contribution in [0.4, 0.5) is 11.4 Å². The fourth-order valence-corrected chi connectivity index (χ4v) is 6.43. The van der Waals surface area contributed by atoms with Crippen LogP contribution in [0.5, 0.6) is 5.75 Å². The lowest BCUT2D eigenvalue weighted by molar-refractivity contribution is -0.385. The topological polar surface area (TPSA) is 107 Å². The van der Waals surface area contributed by atoms with Crippen molar-refractivity contribution in [2.45, 2.75) is 25.2 Å². The molecule has 0 aromatic heterocycles. The number of benzene rings is 3. The Bertz CT molecular complexity index is 1430. The van der Waals surface area contributed by atoms with E-state index in [-0.39, 0.29) is 29.2 Å². The van der Waals surface area contributed by atoms with Crippen LogP contribution in [0.1, 0.15) is 42.0 Å². The molecule has 3 aromatic carbocycles. The summed E-state index contributed by atoms with van der Waals surface area (Å²) in [5.41, 5.74) is 3.01. The minimum absolute atomic E-state index is 0.0908. The van der Waals surface area contributed by atoms with E-state index in [1.807, 2.05) is 55.5 Å². The van der Waals surface area contributed by atoms with Crippen molar-refractivity contribution in [3.05, 3.63) is 99.1 Å². The maximum absolute atomic E-state index is 14.0. The molecule has 2 atom stereocenters. The Kier molecular flexibility index (Phi) is 4.30. The van der Waals surface area contributed by atoms with Gasteiger partial charge >= 0.3 is 11.7 Å². The predicted molar refractivity (Wildman–Crippen MR) is 125 cm³/mol. The highest BCUT2D eigenvalue weighted by Gasteiger charge is 2.66. The molecule has 0 N–H and O–H groups in total. The molecule has 1 aliphatic heterocycles. The summed E-state index contributed by atoms with van der Waals surface area (Å²) in [5, 5.41) is 11.7. The van der Waals surface area contributed by atoms with Crippen molar-refractivity contribution in [2.24, 2.45) is 11.8 Å². The molecular formula is C27H20N2O6. The number of hydrogen-bond acceptors (Lipinski definition) is 6. The third kappa shape index (κ3) is 2.65. The van der Waals surface area contributed by atoms with Crippen LogP contribution in [0, 0.1) is 22.0 Å². The van der Waals surface area contributed by atoms with Gasteiger partial charge in [0.15, 0.2) is 0 Å². The van der Waals surface area contributed by atoms with Gasteiger partial charge in [-0.1, -0.05) is 55.5 Å². The molecule has 35 heavy (non-hydrogen) atoms. The van der Waals surface area contributed by atoms with Crippen LogP contribution in [-0.2, 0) is 19.8 Å². The summed E-state index contributed by atoms with van der Waals surface area (Å²) in [6, 6.07) is 19.6. The molecule has 4 aliphatic rings. The first kappa shape index (κ1) is 21.2. The second-order valence-corrected chi connectivity index (χ2v) is 9.37. The predicted octanol–water partition coefficient (Wildman–Crippen LogP) is 4.09. The maximum Gasteiger partial charge on any atom is 0.313 e. The van der Waals surface area contributed by atoms with Gasteiger partial charge < -0.3 is 4.74 Å². The van der Waals surface area contributed by atoms with Gasteiger partial charge in [-0.15, -0.1) is 0 Å². The Balaban J connectivity index is 1.52. The summed E-state index contributed by atoms with van der Waals surface area (Å²) in [4.78, 5) is 51.3. The number of rotatable bonds is 3. The van der Waals surface area contributed by atoms with E-state index in [1.165, 1.54) is 12.1 Å². The van der Waals surface area contributed by atoms with Crippen molar-refractivity contribution in [1.29, 1.82) is 0 Å². The van der Waals surface area contributed by atoms with E-state index in [0.29, 0.717) is 0 Å². The average molecular weight is 468 g/mol. The van der Waals surface area contributed by atoms with Gasteiger partial charge in [-0.05, 0) is 34.4 Å². The number of carbonyl (C=O) groups is 3. The largest absolute Gasteiger partial charge is 0.419 e. The summed E-state index contributed by atoms with van der Waals surface area (Å²) in [6.45, 7) is 3.15. The molecule has 0 radical (unpaired) electrons. The van der Waals surface area contributed by atoms with Gasteiger partial charge in [0.25, 0.3) is 0 Å². The highest BCUT2D eigenvalue weighted by atomic mass is 16.6. The summed E-state index contributed by atoms with van der Waals surface area (Å²) in [5.74, 6) is -3.26. The van der Waals surface area contributed by atoms with Crippen LogP contribution in [0.15, 0.2) is 66.7 Å².